The highest BCUT2D eigenvalue weighted by molar-refractivity contribution is 6.29. The Balaban J connectivity index is 1.74. The van der Waals surface area contributed by atoms with Crippen LogP contribution in [0.4, 0.5) is 5.95 Å². The molecule has 2 saturated heterocycles. The van der Waals surface area contributed by atoms with Gasteiger partial charge in [0.1, 0.15) is 11.3 Å². The Labute approximate surface area is 116 Å². The van der Waals surface area contributed by atoms with Crippen molar-refractivity contribution in [1.29, 1.82) is 0 Å². The van der Waals surface area contributed by atoms with Crippen LogP contribution in [0.5, 0.6) is 5.88 Å². The molecule has 1 unspecified atom stereocenters. The van der Waals surface area contributed by atoms with Crippen molar-refractivity contribution >= 4 is 17.5 Å². The van der Waals surface area contributed by atoms with E-state index in [0.29, 0.717) is 36.8 Å². The number of hydrogen-bond donors (Lipinski definition) is 0. The Hall–Kier alpha value is -1.11. The fourth-order valence-electron chi connectivity index (χ4n) is 2.13. The number of anilines is 1. The molecule has 2 fully saturated rings. The zero-order valence-corrected chi connectivity index (χ0v) is 11.3. The lowest BCUT2D eigenvalue weighted by molar-refractivity contribution is 0.121. The number of halogens is 1. The molecule has 3 rings (SSSR count). The van der Waals surface area contributed by atoms with Crippen LogP contribution in [0.25, 0.3) is 0 Å². The predicted octanol–water partition coefficient (Wildman–Crippen LogP) is 1.13. The van der Waals surface area contributed by atoms with Gasteiger partial charge in [-0.3, -0.25) is 0 Å². The van der Waals surface area contributed by atoms with E-state index in [1.165, 1.54) is 0 Å². The van der Waals surface area contributed by atoms with E-state index in [1.807, 2.05) is 4.90 Å². The first kappa shape index (κ1) is 12.9. The largest absolute Gasteiger partial charge is 0.472 e. The van der Waals surface area contributed by atoms with Gasteiger partial charge in [0.2, 0.25) is 11.8 Å². The van der Waals surface area contributed by atoms with Gasteiger partial charge < -0.3 is 19.1 Å². The molecule has 2 aliphatic rings. The van der Waals surface area contributed by atoms with Crippen molar-refractivity contribution in [1.82, 2.24) is 9.97 Å². The molecule has 0 N–H and O–H groups in total. The molecule has 0 saturated carbocycles. The highest BCUT2D eigenvalue weighted by Gasteiger charge is 2.20. The van der Waals surface area contributed by atoms with Crippen LogP contribution in [0.15, 0.2) is 6.07 Å². The summed E-state index contributed by atoms with van der Waals surface area (Å²) in [6.07, 6.45) is 0.942. The van der Waals surface area contributed by atoms with Gasteiger partial charge in [-0.05, 0) is 0 Å². The van der Waals surface area contributed by atoms with Crippen LogP contribution >= 0.6 is 11.6 Å². The molecule has 0 aromatic carbocycles. The number of aromatic nitrogens is 2. The van der Waals surface area contributed by atoms with Gasteiger partial charge in [0.05, 0.1) is 26.4 Å². The molecule has 0 bridgehead atoms. The average Bonchev–Trinajstić information content (AvgIpc) is 2.92. The van der Waals surface area contributed by atoms with E-state index >= 15 is 0 Å². The van der Waals surface area contributed by atoms with Crippen molar-refractivity contribution < 1.29 is 14.2 Å². The van der Waals surface area contributed by atoms with E-state index in [1.54, 1.807) is 6.07 Å². The van der Waals surface area contributed by atoms with Crippen molar-refractivity contribution in [2.24, 2.45) is 0 Å². The van der Waals surface area contributed by atoms with Gasteiger partial charge in [-0.15, -0.1) is 0 Å². The molecule has 2 aliphatic heterocycles. The maximum Gasteiger partial charge on any atom is 0.230 e. The Morgan fingerprint density at radius 3 is 2.79 bits per heavy atom. The maximum absolute atomic E-state index is 6.03. The minimum Gasteiger partial charge on any atom is -0.472 e. The van der Waals surface area contributed by atoms with Crippen LogP contribution in [-0.2, 0) is 9.47 Å². The van der Waals surface area contributed by atoms with Gasteiger partial charge in [0, 0.05) is 25.6 Å². The average molecular weight is 286 g/mol. The van der Waals surface area contributed by atoms with Crippen molar-refractivity contribution in [3.8, 4) is 5.88 Å². The number of nitrogens with zero attached hydrogens (tertiary/aromatic N) is 3. The molecule has 0 spiro atoms. The lowest BCUT2D eigenvalue weighted by atomic mass is 10.3. The van der Waals surface area contributed by atoms with Crippen molar-refractivity contribution in [3.05, 3.63) is 11.2 Å². The second-order valence-electron chi connectivity index (χ2n) is 4.53. The molecule has 1 aromatic heterocycles. The SMILES string of the molecule is Clc1cc(OC2CCOC2)nc(N2CCOCC2)n1. The third-order valence-corrected chi connectivity index (χ3v) is 3.32. The van der Waals surface area contributed by atoms with E-state index in [9.17, 15) is 0 Å². The first-order valence-electron chi connectivity index (χ1n) is 6.43. The Morgan fingerprint density at radius 1 is 1.21 bits per heavy atom. The second-order valence-corrected chi connectivity index (χ2v) is 4.92. The monoisotopic (exact) mass is 285 g/mol. The van der Waals surface area contributed by atoms with Crippen molar-refractivity contribution in [3.63, 3.8) is 0 Å². The first-order valence-corrected chi connectivity index (χ1v) is 6.81. The fraction of sp³-hybridized carbons (Fsp3) is 0.667. The van der Waals surface area contributed by atoms with Crippen molar-refractivity contribution in [2.45, 2.75) is 12.5 Å². The normalized spacial score (nSPS) is 23.6. The maximum atomic E-state index is 6.03. The van der Waals surface area contributed by atoms with Gasteiger partial charge in [0.15, 0.2) is 0 Å². The molecule has 3 heterocycles. The van der Waals surface area contributed by atoms with Crippen LogP contribution in [0.1, 0.15) is 6.42 Å². The summed E-state index contributed by atoms with van der Waals surface area (Å²) in [5, 5.41) is 0.394. The van der Waals surface area contributed by atoms with Crippen LogP contribution in [0.3, 0.4) is 0 Å². The van der Waals surface area contributed by atoms with Crippen LogP contribution < -0.4 is 9.64 Å². The van der Waals surface area contributed by atoms with E-state index in [0.717, 1.165) is 26.1 Å². The van der Waals surface area contributed by atoms with Crippen molar-refractivity contribution in [2.75, 3.05) is 44.4 Å². The summed E-state index contributed by atoms with van der Waals surface area (Å²) in [5.74, 6) is 1.11. The molecular weight excluding hydrogens is 270 g/mol. The zero-order valence-electron chi connectivity index (χ0n) is 10.5. The molecule has 0 radical (unpaired) electrons. The van der Waals surface area contributed by atoms with E-state index in [4.69, 9.17) is 25.8 Å². The third kappa shape index (κ3) is 3.26. The summed E-state index contributed by atoms with van der Waals surface area (Å²) in [7, 11) is 0. The molecular formula is C12H16ClN3O3. The topological polar surface area (TPSA) is 56.7 Å². The molecule has 7 heteroatoms. The standard InChI is InChI=1S/C12H16ClN3O3/c13-10-7-11(19-9-1-4-18-8-9)15-12(14-10)16-2-5-17-6-3-16/h7,9H,1-6,8H2. The Morgan fingerprint density at radius 2 is 2.05 bits per heavy atom. The minimum absolute atomic E-state index is 0.0588. The fourth-order valence-corrected chi connectivity index (χ4v) is 2.30. The summed E-state index contributed by atoms with van der Waals surface area (Å²) in [5.41, 5.74) is 0. The first-order chi connectivity index (χ1) is 9.31. The number of ether oxygens (including phenoxy) is 3. The number of hydrogen-bond acceptors (Lipinski definition) is 6. The third-order valence-electron chi connectivity index (χ3n) is 3.13. The van der Waals surface area contributed by atoms with Gasteiger partial charge in [-0.1, -0.05) is 11.6 Å². The highest BCUT2D eigenvalue weighted by Crippen LogP contribution is 2.22. The highest BCUT2D eigenvalue weighted by atomic mass is 35.5. The minimum atomic E-state index is 0.0588. The lowest BCUT2D eigenvalue weighted by Gasteiger charge is -2.27. The summed E-state index contributed by atoms with van der Waals surface area (Å²) in [4.78, 5) is 10.7. The van der Waals surface area contributed by atoms with Gasteiger partial charge in [-0.25, -0.2) is 4.98 Å². The quantitative estimate of drug-likeness (QED) is 0.776. The predicted molar refractivity (Wildman–Crippen MR) is 69.9 cm³/mol. The molecule has 104 valence electrons. The molecule has 6 nitrogen and oxygen atoms in total. The molecule has 19 heavy (non-hydrogen) atoms. The Bertz CT molecular complexity index is 434. The molecule has 0 amide bonds. The Kier molecular flexibility index (Phi) is 4.00. The lowest BCUT2D eigenvalue weighted by Crippen LogP contribution is -2.37. The molecule has 0 aliphatic carbocycles. The van der Waals surface area contributed by atoms with E-state index < -0.39 is 0 Å². The number of morpholine rings is 1. The second kappa shape index (κ2) is 5.90. The zero-order chi connectivity index (χ0) is 13.1. The van der Waals surface area contributed by atoms with E-state index in [-0.39, 0.29) is 6.10 Å². The summed E-state index contributed by atoms with van der Waals surface area (Å²) in [6, 6.07) is 1.64. The van der Waals surface area contributed by atoms with Crippen LogP contribution in [0.2, 0.25) is 5.15 Å². The van der Waals surface area contributed by atoms with Crippen LogP contribution in [0, 0.1) is 0 Å². The number of rotatable bonds is 3. The summed E-state index contributed by atoms with van der Waals surface area (Å²) >= 11 is 6.03. The smallest absolute Gasteiger partial charge is 0.230 e. The summed E-state index contributed by atoms with van der Waals surface area (Å²) < 4.78 is 16.4. The van der Waals surface area contributed by atoms with Gasteiger partial charge in [0.25, 0.3) is 0 Å². The van der Waals surface area contributed by atoms with Crippen LogP contribution in [-0.4, -0.2) is 55.6 Å². The molecule has 1 aromatic rings. The summed E-state index contributed by atoms with van der Waals surface area (Å²) in [6.45, 7) is 4.25. The van der Waals surface area contributed by atoms with Gasteiger partial charge in [-0.2, -0.15) is 4.98 Å². The van der Waals surface area contributed by atoms with E-state index in [2.05, 4.69) is 9.97 Å². The molecule has 1 atom stereocenters. The van der Waals surface area contributed by atoms with Gasteiger partial charge >= 0.3 is 0 Å².